The predicted molar refractivity (Wildman–Crippen MR) is 70.0 cm³/mol. The highest BCUT2D eigenvalue weighted by atomic mass is 32.2. The lowest BCUT2D eigenvalue weighted by molar-refractivity contribution is 0.289. The van der Waals surface area contributed by atoms with E-state index in [0.29, 0.717) is 6.61 Å². The van der Waals surface area contributed by atoms with Crippen LogP contribution in [0.5, 0.6) is 0 Å². The van der Waals surface area contributed by atoms with E-state index in [1.165, 1.54) is 10.5 Å². The van der Waals surface area contributed by atoms with Gasteiger partial charge in [-0.2, -0.15) is 0 Å². The van der Waals surface area contributed by atoms with Gasteiger partial charge in [0.1, 0.15) is 0 Å². The Balaban J connectivity index is 2.08. The number of aliphatic hydroxyl groups excluding tert-OH is 1. The molecule has 0 atom stereocenters. The van der Waals surface area contributed by atoms with Crippen LogP contribution in [0.1, 0.15) is 39.2 Å². The van der Waals surface area contributed by atoms with Crippen molar-refractivity contribution in [3.8, 4) is 0 Å². The largest absolute Gasteiger partial charge is 0.395 e. The molecule has 0 bridgehead atoms. The van der Waals surface area contributed by atoms with Crippen molar-refractivity contribution in [2.45, 2.75) is 48.7 Å². The fourth-order valence-electron chi connectivity index (χ4n) is 1.70. The highest BCUT2D eigenvalue weighted by Gasteiger charge is 2.43. The second-order valence-electron chi connectivity index (χ2n) is 5.72. The minimum Gasteiger partial charge on any atom is -0.395 e. The van der Waals surface area contributed by atoms with Crippen LogP contribution < -0.4 is 0 Å². The van der Waals surface area contributed by atoms with Crippen molar-refractivity contribution in [1.29, 1.82) is 0 Å². The second-order valence-corrected chi connectivity index (χ2v) is 7.26. The maximum atomic E-state index is 9.28. The van der Waals surface area contributed by atoms with E-state index >= 15 is 0 Å². The van der Waals surface area contributed by atoms with Gasteiger partial charge in [-0.1, -0.05) is 32.9 Å². The first-order chi connectivity index (χ1) is 7.45. The summed E-state index contributed by atoms with van der Waals surface area (Å²) < 4.78 is 0.142. The normalized spacial score (nSPS) is 18.5. The maximum absolute atomic E-state index is 9.28. The van der Waals surface area contributed by atoms with Gasteiger partial charge < -0.3 is 5.11 Å². The van der Waals surface area contributed by atoms with Crippen LogP contribution >= 0.6 is 11.8 Å². The Morgan fingerprint density at radius 2 is 1.75 bits per heavy atom. The lowest BCUT2D eigenvalue weighted by atomic mass is 9.87. The second kappa shape index (κ2) is 4.08. The van der Waals surface area contributed by atoms with Gasteiger partial charge in [0.15, 0.2) is 0 Å². The lowest BCUT2D eigenvalue weighted by Gasteiger charge is -2.19. The van der Waals surface area contributed by atoms with Gasteiger partial charge in [-0.05, 0) is 36.0 Å². The zero-order chi connectivity index (χ0) is 11.8. The monoisotopic (exact) mass is 236 g/mol. The quantitative estimate of drug-likeness (QED) is 0.865. The number of hydrogen-bond donors (Lipinski definition) is 1. The fraction of sp³-hybridized carbons (Fsp3) is 0.571. The molecule has 2 heteroatoms. The van der Waals surface area contributed by atoms with E-state index in [-0.39, 0.29) is 10.2 Å². The highest BCUT2D eigenvalue weighted by Crippen LogP contribution is 2.51. The number of benzene rings is 1. The highest BCUT2D eigenvalue weighted by molar-refractivity contribution is 8.01. The molecule has 0 aromatic heterocycles. The molecular weight excluding hydrogens is 216 g/mol. The average Bonchev–Trinajstić information content (AvgIpc) is 2.98. The van der Waals surface area contributed by atoms with Crippen LogP contribution in [0, 0.1) is 0 Å². The van der Waals surface area contributed by atoms with E-state index in [4.69, 9.17) is 0 Å². The average molecular weight is 236 g/mol. The summed E-state index contributed by atoms with van der Waals surface area (Å²) in [4.78, 5) is 1.28. The van der Waals surface area contributed by atoms with Crippen LogP contribution in [0.4, 0.5) is 0 Å². The van der Waals surface area contributed by atoms with Crippen LogP contribution in [0.2, 0.25) is 0 Å². The Morgan fingerprint density at radius 1 is 1.19 bits per heavy atom. The minimum atomic E-state index is 0.142. The van der Waals surface area contributed by atoms with Gasteiger partial charge in [-0.3, -0.25) is 0 Å². The Bertz CT molecular complexity index is 357. The molecule has 0 spiro atoms. The summed E-state index contributed by atoms with van der Waals surface area (Å²) in [5.74, 6) is 0. The number of hydrogen-bond acceptors (Lipinski definition) is 2. The third kappa shape index (κ3) is 2.61. The minimum absolute atomic E-state index is 0.142. The molecule has 1 aliphatic carbocycles. The van der Waals surface area contributed by atoms with E-state index in [1.54, 1.807) is 0 Å². The maximum Gasteiger partial charge on any atom is 0.0581 e. The standard InChI is InChI=1S/C14H20OS/c1-13(2,3)11-4-6-12(7-5-11)16-14(10-15)8-9-14/h4-7,15H,8-10H2,1-3H3. The van der Waals surface area contributed by atoms with E-state index in [0.717, 1.165) is 12.8 Å². The number of aliphatic hydroxyl groups is 1. The van der Waals surface area contributed by atoms with Gasteiger partial charge in [0.05, 0.1) is 6.61 Å². The summed E-state index contributed by atoms with van der Waals surface area (Å²) in [6.45, 7) is 6.99. The molecule has 1 N–H and O–H groups in total. The van der Waals surface area contributed by atoms with Gasteiger partial charge in [-0.25, -0.2) is 0 Å². The van der Waals surface area contributed by atoms with Gasteiger partial charge in [-0.15, -0.1) is 11.8 Å². The summed E-state index contributed by atoms with van der Waals surface area (Å²) in [5.41, 5.74) is 1.59. The summed E-state index contributed by atoms with van der Waals surface area (Å²) >= 11 is 1.83. The van der Waals surface area contributed by atoms with Gasteiger partial charge in [0, 0.05) is 9.64 Å². The molecule has 1 aromatic carbocycles. The summed E-state index contributed by atoms with van der Waals surface area (Å²) in [7, 11) is 0. The Kier molecular flexibility index (Phi) is 3.06. The zero-order valence-corrected chi connectivity index (χ0v) is 11.1. The molecule has 0 radical (unpaired) electrons. The molecule has 88 valence electrons. The third-order valence-corrected chi connectivity index (χ3v) is 4.63. The molecule has 1 aliphatic rings. The fourth-order valence-corrected chi connectivity index (χ4v) is 2.85. The Hall–Kier alpha value is -0.470. The van der Waals surface area contributed by atoms with Crippen molar-refractivity contribution in [3.63, 3.8) is 0 Å². The predicted octanol–water partition coefficient (Wildman–Crippen LogP) is 3.60. The first kappa shape index (κ1) is 12.0. The van der Waals surface area contributed by atoms with E-state index < -0.39 is 0 Å². The van der Waals surface area contributed by atoms with Gasteiger partial charge >= 0.3 is 0 Å². The molecule has 1 fully saturated rings. The van der Waals surface area contributed by atoms with Crippen LogP contribution in [0.3, 0.4) is 0 Å². The first-order valence-corrected chi connectivity index (χ1v) is 6.67. The van der Waals surface area contributed by atoms with Gasteiger partial charge in [0.25, 0.3) is 0 Å². The lowest BCUT2D eigenvalue weighted by Crippen LogP contribution is -2.11. The molecule has 0 heterocycles. The number of rotatable bonds is 3. The topological polar surface area (TPSA) is 20.2 Å². The van der Waals surface area contributed by atoms with Crippen molar-refractivity contribution in [3.05, 3.63) is 29.8 Å². The Labute approximate surface area is 102 Å². The van der Waals surface area contributed by atoms with Crippen molar-refractivity contribution in [2.75, 3.05) is 6.61 Å². The molecule has 2 rings (SSSR count). The Morgan fingerprint density at radius 3 is 2.12 bits per heavy atom. The van der Waals surface area contributed by atoms with Gasteiger partial charge in [0.2, 0.25) is 0 Å². The van der Waals surface area contributed by atoms with Crippen molar-refractivity contribution >= 4 is 11.8 Å². The van der Waals surface area contributed by atoms with Crippen molar-refractivity contribution < 1.29 is 5.11 Å². The molecule has 1 aromatic rings. The molecule has 1 saturated carbocycles. The molecule has 1 nitrogen and oxygen atoms in total. The van der Waals surface area contributed by atoms with Crippen LogP contribution in [-0.2, 0) is 5.41 Å². The summed E-state index contributed by atoms with van der Waals surface area (Å²) in [5, 5.41) is 9.28. The van der Waals surface area contributed by atoms with E-state index in [9.17, 15) is 5.11 Å². The van der Waals surface area contributed by atoms with Crippen molar-refractivity contribution in [2.24, 2.45) is 0 Å². The van der Waals surface area contributed by atoms with Crippen LogP contribution in [0.15, 0.2) is 29.2 Å². The zero-order valence-electron chi connectivity index (χ0n) is 10.3. The van der Waals surface area contributed by atoms with Crippen LogP contribution in [0.25, 0.3) is 0 Å². The van der Waals surface area contributed by atoms with E-state index in [2.05, 4.69) is 45.0 Å². The van der Waals surface area contributed by atoms with Crippen molar-refractivity contribution in [1.82, 2.24) is 0 Å². The first-order valence-electron chi connectivity index (χ1n) is 5.86. The molecule has 0 saturated heterocycles. The molecule has 0 amide bonds. The number of thioether (sulfide) groups is 1. The SMILES string of the molecule is CC(C)(C)c1ccc(SC2(CO)CC2)cc1. The van der Waals surface area contributed by atoms with Crippen LogP contribution in [-0.4, -0.2) is 16.5 Å². The van der Waals surface area contributed by atoms with E-state index in [1.807, 2.05) is 11.8 Å². The third-order valence-electron chi connectivity index (χ3n) is 3.15. The smallest absolute Gasteiger partial charge is 0.0581 e. The summed E-state index contributed by atoms with van der Waals surface area (Å²) in [6, 6.07) is 8.77. The molecular formula is C14H20OS. The molecule has 16 heavy (non-hydrogen) atoms. The summed E-state index contributed by atoms with van der Waals surface area (Å²) in [6.07, 6.45) is 2.30. The molecule has 0 unspecified atom stereocenters. The molecule has 0 aliphatic heterocycles.